The lowest BCUT2D eigenvalue weighted by molar-refractivity contribution is -0.136. The monoisotopic (exact) mass is 485 g/mol. The highest BCUT2D eigenvalue weighted by molar-refractivity contribution is 8.18. The number of nitriles is 1. The quantitative estimate of drug-likeness (QED) is 0.514. The Morgan fingerprint density at radius 2 is 1.71 bits per heavy atom. The zero-order valence-electron chi connectivity index (χ0n) is 19.0. The molecule has 2 saturated heterocycles. The molecule has 3 amide bonds. The Balaban J connectivity index is 1.27. The van der Waals surface area contributed by atoms with E-state index in [0.717, 1.165) is 38.8 Å². The molecule has 176 valence electrons. The van der Waals surface area contributed by atoms with Crippen LogP contribution in [0.4, 0.5) is 10.5 Å². The molecule has 5 rings (SSSR count). The molecule has 2 fully saturated rings. The average molecular weight is 486 g/mol. The van der Waals surface area contributed by atoms with Gasteiger partial charge in [-0.2, -0.15) is 5.26 Å². The molecule has 2 aromatic carbocycles. The minimum atomic E-state index is -0.464. The van der Waals surface area contributed by atoms with E-state index in [1.807, 2.05) is 59.2 Å². The summed E-state index contributed by atoms with van der Waals surface area (Å²) in [6, 6.07) is 19.8. The molecule has 0 atom stereocenters. The van der Waals surface area contributed by atoms with E-state index < -0.39 is 11.1 Å². The molecule has 0 bridgehead atoms. The highest BCUT2D eigenvalue weighted by Gasteiger charge is 2.37. The lowest BCUT2D eigenvalue weighted by Crippen LogP contribution is -2.51. The van der Waals surface area contributed by atoms with Crippen molar-refractivity contribution in [1.82, 2.24) is 14.4 Å². The number of aromatic nitrogens is 1. The third-order valence-electron chi connectivity index (χ3n) is 6.27. The molecular weight excluding hydrogens is 462 g/mol. The van der Waals surface area contributed by atoms with Gasteiger partial charge in [-0.1, -0.05) is 36.4 Å². The zero-order chi connectivity index (χ0) is 24.4. The van der Waals surface area contributed by atoms with Crippen LogP contribution in [0.1, 0.15) is 5.56 Å². The molecular formula is C26H23N5O3S. The van der Waals surface area contributed by atoms with Crippen LogP contribution in [0.25, 0.3) is 17.0 Å². The van der Waals surface area contributed by atoms with E-state index in [0.29, 0.717) is 26.2 Å². The van der Waals surface area contributed by atoms with Crippen molar-refractivity contribution in [2.45, 2.75) is 6.54 Å². The summed E-state index contributed by atoms with van der Waals surface area (Å²) in [6.07, 6.45) is 3.48. The van der Waals surface area contributed by atoms with Gasteiger partial charge in [0.2, 0.25) is 5.91 Å². The van der Waals surface area contributed by atoms with E-state index in [2.05, 4.69) is 11.0 Å². The van der Waals surface area contributed by atoms with Crippen LogP contribution in [0.5, 0.6) is 0 Å². The second-order valence-electron chi connectivity index (χ2n) is 8.36. The van der Waals surface area contributed by atoms with Crippen LogP contribution in [0.3, 0.4) is 0 Å². The number of carbonyl (C=O) groups is 3. The maximum atomic E-state index is 13.0. The first-order valence-corrected chi connectivity index (χ1v) is 12.1. The summed E-state index contributed by atoms with van der Waals surface area (Å²) in [5, 5.41) is 9.56. The van der Waals surface area contributed by atoms with Crippen molar-refractivity contribution in [1.29, 1.82) is 5.26 Å². The Labute approximate surface area is 207 Å². The third-order valence-corrected chi connectivity index (χ3v) is 7.18. The van der Waals surface area contributed by atoms with Crippen molar-refractivity contribution < 1.29 is 14.4 Å². The number of hydrogen-bond donors (Lipinski definition) is 0. The normalized spacial score (nSPS) is 17.5. The maximum absolute atomic E-state index is 13.0. The Morgan fingerprint density at radius 3 is 2.46 bits per heavy atom. The highest BCUT2D eigenvalue weighted by Crippen LogP contribution is 2.34. The van der Waals surface area contributed by atoms with Crippen LogP contribution in [0, 0.1) is 11.3 Å². The van der Waals surface area contributed by atoms with E-state index in [4.69, 9.17) is 5.26 Å². The van der Waals surface area contributed by atoms with Crippen LogP contribution < -0.4 is 4.90 Å². The van der Waals surface area contributed by atoms with E-state index >= 15 is 0 Å². The van der Waals surface area contributed by atoms with Crippen LogP contribution in [0.15, 0.2) is 65.7 Å². The van der Waals surface area contributed by atoms with Crippen molar-refractivity contribution >= 4 is 51.5 Å². The first-order valence-electron chi connectivity index (χ1n) is 11.3. The van der Waals surface area contributed by atoms with Crippen molar-refractivity contribution in [3.63, 3.8) is 0 Å². The largest absolute Gasteiger partial charge is 0.368 e. The number of amides is 3. The van der Waals surface area contributed by atoms with E-state index in [1.54, 1.807) is 17.2 Å². The molecule has 0 aliphatic carbocycles. The smallest absolute Gasteiger partial charge is 0.294 e. The summed E-state index contributed by atoms with van der Waals surface area (Å²) in [6.45, 7) is 2.40. The Morgan fingerprint density at radius 1 is 1.00 bits per heavy atom. The van der Waals surface area contributed by atoms with Gasteiger partial charge in [-0.15, -0.1) is 0 Å². The Hall–Kier alpha value is -4.03. The standard InChI is InChI=1S/C26H23N5O3S/c27-10-11-30-17-19(21-8-4-5-9-22(21)30)16-23-25(33)31(26(34)35-23)18-24(32)29-14-12-28(13-15-29)20-6-2-1-3-7-20/h1-9,16-17H,11-15,18H2/b23-16+. The summed E-state index contributed by atoms with van der Waals surface area (Å²) < 4.78 is 1.81. The van der Waals surface area contributed by atoms with Crippen LogP contribution >= 0.6 is 11.8 Å². The van der Waals surface area contributed by atoms with Gasteiger partial charge in [-0.25, -0.2) is 0 Å². The van der Waals surface area contributed by atoms with Crippen LogP contribution in [-0.2, 0) is 16.1 Å². The molecule has 2 aliphatic rings. The van der Waals surface area contributed by atoms with Gasteiger partial charge in [0.1, 0.15) is 13.1 Å². The fourth-order valence-electron chi connectivity index (χ4n) is 4.46. The van der Waals surface area contributed by atoms with Crippen molar-refractivity contribution in [3.05, 3.63) is 71.3 Å². The number of para-hydroxylation sites is 2. The zero-order valence-corrected chi connectivity index (χ0v) is 19.8. The highest BCUT2D eigenvalue weighted by atomic mass is 32.2. The molecule has 2 aliphatic heterocycles. The number of anilines is 1. The SMILES string of the molecule is N#CCn1cc(/C=C2/SC(=O)N(CC(=O)N3CCN(c4ccccc4)CC3)C2=O)c2ccccc21. The van der Waals surface area contributed by atoms with Gasteiger partial charge < -0.3 is 14.4 Å². The lowest BCUT2D eigenvalue weighted by atomic mass is 10.1. The maximum Gasteiger partial charge on any atom is 0.294 e. The Bertz CT molecular complexity index is 1370. The second kappa shape index (κ2) is 9.68. The summed E-state index contributed by atoms with van der Waals surface area (Å²) in [5.41, 5.74) is 2.75. The van der Waals surface area contributed by atoms with Crippen LogP contribution in [-0.4, -0.2) is 64.1 Å². The fourth-order valence-corrected chi connectivity index (χ4v) is 5.29. The third kappa shape index (κ3) is 4.53. The van der Waals surface area contributed by atoms with Crippen LogP contribution in [0.2, 0.25) is 0 Å². The molecule has 35 heavy (non-hydrogen) atoms. The summed E-state index contributed by atoms with van der Waals surface area (Å²) >= 11 is 0.839. The number of nitrogens with zero attached hydrogens (tertiary/aromatic N) is 5. The minimum absolute atomic E-state index is 0.182. The Kier molecular flexibility index (Phi) is 6.29. The number of piperazine rings is 1. The van der Waals surface area contributed by atoms with E-state index in [1.165, 1.54) is 0 Å². The van der Waals surface area contributed by atoms with Gasteiger partial charge in [0.15, 0.2) is 0 Å². The summed E-state index contributed by atoms with van der Waals surface area (Å²) in [4.78, 5) is 43.8. The van der Waals surface area contributed by atoms with Gasteiger partial charge in [0.25, 0.3) is 11.1 Å². The molecule has 3 heterocycles. The predicted octanol–water partition coefficient (Wildman–Crippen LogP) is 3.55. The minimum Gasteiger partial charge on any atom is -0.368 e. The first kappa shape index (κ1) is 22.7. The number of carbonyl (C=O) groups excluding carboxylic acids is 3. The molecule has 0 spiro atoms. The molecule has 0 radical (unpaired) electrons. The molecule has 0 N–H and O–H groups in total. The van der Waals surface area contributed by atoms with Gasteiger partial charge in [0.05, 0.1) is 11.0 Å². The van der Waals surface area contributed by atoms with E-state index in [9.17, 15) is 14.4 Å². The van der Waals surface area contributed by atoms with Gasteiger partial charge >= 0.3 is 0 Å². The number of hydrogen-bond acceptors (Lipinski definition) is 6. The number of thioether (sulfide) groups is 1. The van der Waals surface area contributed by atoms with Gasteiger partial charge in [-0.05, 0) is 36.0 Å². The second-order valence-corrected chi connectivity index (χ2v) is 9.35. The molecule has 0 saturated carbocycles. The molecule has 1 aromatic heterocycles. The van der Waals surface area contributed by atoms with Crippen molar-refractivity contribution in [2.75, 3.05) is 37.6 Å². The number of benzene rings is 2. The predicted molar refractivity (Wildman–Crippen MR) is 135 cm³/mol. The molecule has 8 nitrogen and oxygen atoms in total. The number of rotatable bonds is 5. The number of imide groups is 1. The molecule has 0 unspecified atom stereocenters. The average Bonchev–Trinajstić information content (AvgIpc) is 3.37. The first-order chi connectivity index (χ1) is 17.0. The summed E-state index contributed by atoms with van der Waals surface area (Å²) in [7, 11) is 0. The van der Waals surface area contributed by atoms with E-state index in [-0.39, 0.29) is 23.9 Å². The molecule has 9 heteroatoms. The summed E-state index contributed by atoms with van der Waals surface area (Å²) in [5.74, 6) is -0.694. The molecule has 3 aromatic rings. The number of fused-ring (bicyclic) bond motifs is 1. The fraction of sp³-hybridized carbons (Fsp3) is 0.231. The van der Waals surface area contributed by atoms with Gasteiger partial charge in [0, 0.05) is 54.5 Å². The van der Waals surface area contributed by atoms with Gasteiger partial charge in [-0.3, -0.25) is 19.3 Å². The topological polar surface area (TPSA) is 89.6 Å². The lowest BCUT2D eigenvalue weighted by Gasteiger charge is -2.36. The van der Waals surface area contributed by atoms with Crippen molar-refractivity contribution in [3.8, 4) is 6.07 Å². The van der Waals surface area contributed by atoms with Crippen molar-refractivity contribution in [2.24, 2.45) is 0 Å².